The Morgan fingerprint density at radius 2 is 1.88 bits per heavy atom. The minimum Gasteiger partial charge on any atom is -0.358 e. The van der Waals surface area contributed by atoms with Gasteiger partial charge in [-0.05, 0) is 47.7 Å². The first-order valence-corrected chi connectivity index (χ1v) is 8.92. The first-order chi connectivity index (χ1) is 12.8. The second-order valence-electron chi connectivity index (χ2n) is 6.38. The number of carbonyl (C=O) groups is 1. The van der Waals surface area contributed by atoms with Crippen LogP contribution in [0, 0.1) is 6.92 Å². The molecule has 2 N–H and O–H groups in total. The molecule has 0 radical (unpaired) electrons. The zero-order chi connectivity index (χ0) is 18.2. The number of nitrogens with one attached hydrogen (secondary N) is 2. The highest BCUT2D eigenvalue weighted by molar-refractivity contribution is 5.66. The van der Waals surface area contributed by atoms with E-state index in [1.807, 2.05) is 6.07 Å². The average molecular weight is 344 g/mol. The fourth-order valence-corrected chi connectivity index (χ4v) is 3.03. The van der Waals surface area contributed by atoms with Gasteiger partial charge in [0.15, 0.2) is 0 Å². The molecule has 0 aliphatic rings. The lowest BCUT2D eigenvalue weighted by Crippen LogP contribution is -2.14. The molecule has 3 rings (SSSR count). The molecule has 0 aliphatic carbocycles. The van der Waals surface area contributed by atoms with Crippen LogP contribution in [0.4, 0.5) is 0 Å². The molecule has 0 unspecified atom stereocenters. The molecule has 2 aromatic carbocycles. The van der Waals surface area contributed by atoms with Gasteiger partial charge in [-0.25, -0.2) is 0 Å². The number of aryl methyl sites for hydroxylation is 1. The SMILES string of the molecule is Cc1cc(-c2cccc(/C=C\Cc3ccccc3)c2)[nH]c1CCNC=O. The highest BCUT2D eigenvalue weighted by Gasteiger charge is 2.06. The molecule has 0 saturated carbocycles. The summed E-state index contributed by atoms with van der Waals surface area (Å²) in [5.41, 5.74) is 7.17. The van der Waals surface area contributed by atoms with Gasteiger partial charge in [0, 0.05) is 24.4 Å². The van der Waals surface area contributed by atoms with Gasteiger partial charge in [0.25, 0.3) is 0 Å². The maximum Gasteiger partial charge on any atom is 0.207 e. The second-order valence-corrected chi connectivity index (χ2v) is 6.38. The number of hydrogen-bond acceptors (Lipinski definition) is 1. The van der Waals surface area contributed by atoms with E-state index in [9.17, 15) is 4.79 Å². The first kappa shape index (κ1) is 17.7. The Bertz CT molecular complexity index is 878. The molecule has 0 fully saturated rings. The van der Waals surface area contributed by atoms with Gasteiger partial charge in [-0.2, -0.15) is 0 Å². The van der Waals surface area contributed by atoms with Crippen molar-refractivity contribution in [2.45, 2.75) is 19.8 Å². The highest BCUT2D eigenvalue weighted by atomic mass is 16.1. The second kappa shape index (κ2) is 8.86. The van der Waals surface area contributed by atoms with Crippen LogP contribution in [0.1, 0.15) is 22.4 Å². The van der Waals surface area contributed by atoms with Gasteiger partial charge < -0.3 is 10.3 Å². The molecule has 1 aromatic heterocycles. The van der Waals surface area contributed by atoms with Gasteiger partial charge in [0.1, 0.15) is 0 Å². The number of carbonyl (C=O) groups excluding carboxylic acids is 1. The maximum atomic E-state index is 10.4. The van der Waals surface area contributed by atoms with E-state index in [1.165, 1.54) is 27.9 Å². The number of H-pyrrole nitrogens is 1. The van der Waals surface area contributed by atoms with Crippen LogP contribution in [0.3, 0.4) is 0 Å². The largest absolute Gasteiger partial charge is 0.358 e. The lowest BCUT2D eigenvalue weighted by Gasteiger charge is -2.02. The van der Waals surface area contributed by atoms with Crippen LogP contribution in [0.15, 0.2) is 66.7 Å². The fourth-order valence-electron chi connectivity index (χ4n) is 3.03. The fraction of sp³-hybridized carbons (Fsp3) is 0.174. The van der Waals surface area contributed by atoms with Gasteiger partial charge in [-0.15, -0.1) is 0 Å². The standard InChI is InChI=1S/C23H24N2O/c1-18-15-23(25-22(18)13-14-24-17-26)21-12-6-11-20(16-21)10-5-9-19-7-3-2-4-8-19/h2-8,10-12,15-17,25H,9,13-14H2,1H3,(H,24,26)/b10-5-. The summed E-state index contributed by atoms with van der Waals surface area (Å²) in [7, 11) is 0. The van der Waals surface area contributed by atoms with Crippen molar-refractivity contribution in [2.75, 3.05) is 6.54 Å². The molecule has 26 heavy (non-hydrogen) atoms. The van der Waals surface area contributed by atoms with Crippen molar-refractivity contribution in [3.05, 3.63) is 89.1 Å². The molecular formula is C23H24N2O. The van der Waals surface area contributed by atoms with Gasteiger partial charge in [0.2, 0.25) is 6.41 Å². The van der Waals surface area contributed by atoms with Crippen LogP contribution >= 0.6 is 0 Å². The third-order valence-corrected chi connectivity index (χ3v) is 4.43. The first-order valence-electron chi connectivity index (χ1n) is 8.92. The molecule has 3 heteroatoms. The van der Waals surface area contributed by atoms with Gasteiger partial charge in [-0.3, -0.25) is 4.79 Å². The molecule has 1 amide bonds. The van der Waals surface area contributed by atoms with Crippen LogP contribution in [-0.4, -0.2) is 17.9 Å². The van der Waals surface area contributed by atoms with Crippen molar-refractivity contribution in [1.82, 2.24) is 10.3 Å². The molecule has 132 valence electrons. The van der Waals surface area contributed by atoms with E-state index in [-0.39, 0.29) is 0 Å². The van der Waals surface area contributed by atoms with Crippen molar-refractivity contribution in [1.29, 1.82) is 0 Å². The third kappa shape index (κ3) is 4.73. The minimum absolute atomic E-state index is 0.645. The summed E-state index contributed by atoms with van der Waals surface area (Å²) in [6, 6.07) is 21.2. The number of rotatable bonds is 8. The molecule has 0 saturated heterocycles. The Morgan fingerprint density at radius 3 is 2.69 bits per heavy atom. The number of aromatic nitrogens is 1. The summed E-state index contributed by atoms with van der Waals surface area (Å²) in [4.78, 5) is 13.9. The van der Waals surface area contributed by atoms with E-state index in [4.69, 9.17) is 0 Å². The predicted molar refractivity (Wildman–Crippen MR) is 108 cm³/mol. The lowest BCUT2D eigenvalue weighted by atomic mass is 10.1. The molecule has 0 aliphatic heterocycles. The van der Waals surface area contributed by atoms with Crippen LogP contribution in [-0.2, 0) is 17.6 Å². The van der Waals surface area contributed by atoms with E-state index >= 15 is 0 Å². The zero-order valence-corrected chi connectivity index (χ0v) is 15.0. The molecule has 3 nitrogen and oxygen atoms in total. The van der Waals surface area contributed by atoms with E-state index in [1.54, 1.807) is 0 Å². The molecule has 0 atom stereocenters. The summed E-state index contributed by atoms with van der Waals surface area (Å²) in [5, 5.41) is 2.71. The maximum absolute atomic E-state index is 10.4. The predicted octanol–water partition coefficient (Wildman–Crippen LogP) is 4.53. The van der Waals surface area contributed by atoms with E-state index in [2.05, 4.69) is 84.0 Å². The number of benzene rings is 2. The van der Waals surface area contributed by atoms with Crippen LogP contribution in [0.25, 0.3) is 17.3 Å². The van der Waals surface area contributed by atoms with Crippen molar-refractivity contribution >= 4 is 12.5 Å². The van der Waals surface area contributed by atoms with Crippen LogP contribution < -0.4 is 5.32 Å². The van der Waals surface area contributed by atoms with E-state index in [0.29, 0.717) is 6.54 Å². The summed E-state index contributed by atoms with van der Waals surface area (Å²) in [6.45, 7) is 2.74. The summed E-state index contributed by atoms with van der Waals surface area (Å²) < 4.78 is 0. The number of hydrogen-bond donors (Lipinski definition) is 2. The molecular weight excluding hydrogens is 320 g/mol. The Kier molecular flexibility index (Phi) is 6.05. The Balaban J connectivity index is 1.71. The van der Waals surface area contributed by atoms with Crippen molar-refractivity contribution < 1.29 is 4.79 Å². The smallest absolute Gasteiger partial charge is 0.207 e. The Hall–Kier alpha value is -3.07. The quantitative estimate of drug-likeness (QED) is 0.457. The van der Waals surface area contributed by atoms with E-state index < -0.39 is 0 Å². The molecule has 1 heterocycles. The lowest BCUT2D eigenvalue weighted by molar-refractivity contribution is -0.109. The van der Waals surface area contributed by atoms with Gasteiger partial charge in [-0.1, -0.05) is 60.7 Å². The summed E-state index contributed by atoms with van der Waals surface area (Å²) >= 11 is 0. The van der Waals surface area contributed by atoms with Gasteiger partial charge in [0.05, 0.1) is 0 Å². The minimum atomic E-state index is 0.645. The monoisotopic (exact) mass is 344 g/mol. The normalized spacial score (nSPS) is 11.0. The van der Waals surface area contributed by atoms with E-state index in [0.717, 1.165) is 24.9 Å². The Labute approximate surface area is 154 Å². The topological polar surface area (TPSA) is 44.9 Å². The summed E-state index contributed by atoms with van der Waals surface area (Å²) in [5.74, 6) is 0. The zero-order valence-electron chi connectivity index (χ0n) is 15.0. The third-order valence-electron chi connectivity index (χ3n) is 4.43. The van der Waals surface area contributed by atoms with Crippen molar-refractivity contribution in [2.24, 2.45) is 0 Å². The molecule has 0 bridgehead atoms. The summed E-state index contributed by atoms with van der Waals surface area (Å²) in [6.07, 6.45) is 6.85. The number of amides is 1. The average Bonchev–Trinajstić information content (AvgIpc) is 3.04. The van der Waals surface area contributed by atoms with Crippen LogP contribution in [0.2, 0.25) is 0 Å². The highest BCUT2D eigenvalue weighted by Crippen LogP contribution is 2.23. The number of aromatic amines is 1. The molecule has 0 spiro atoms. The Morgan fingerprint density at radius 1 is 1.04 bits per heavy atom. The van der Waals surface area contributed by atoms with Crippen molar-refractivity contribution in [3.63, 3.8) is 0 Å². The molecule has 3 aromatic rings. The number of allylic oxidation sites excluding steroid dienone is 1. The van der Waals surface area contributed by atoms with Gasteiger partial charge >= 0.3 is 0 Å². The van der Waals surface area contributed by atoms with Crippen LogP contribution in [0.5, 0.6) is 0 Å². The van der Waals surface area contributed by atoms with Crippen molar-refractivity contribution in [3.8, 4) is 11.3 Å².